The molecule has 0 atom stereocenters. The molecular formula is C19H23N3O5S2. The highest BCUT2D eigenvalue weighted by atomic mass is 32.2. The first-order valence-corrected chi connectivity index (χ1v) is 11.6. The SMILES string of the molecule is CCOC(=O)N1CCC(NC(=O)c2ccccc2NS(=O)(=O)c2cccs2)CC1. The number of carbonyl (C=O) groups is 2. The highest BCUT2D eigenvalue weighted by Gasteiger charge is 2.26. The molecule has 10 heteroatoms. The van der Waals surface area contributed by atoms with E-state index in [1.807, 2.05) is 0 Å². The fourth-order valence-electron chi connectivity index (χ4n) is 3.07. The lowest BCUT2D eigenvalue weighted by atomic mass is 10.0. The lowest BCUT2D eigenvalue weighted by Gasteiger charge is -2.31. The molecule has 0 aliphatic carbocycles. The van der Waals surface area contributed by atoms with Gasteiger partial charge in [0.2, 0.25) is 0 Å². The summed E-state index contributed by atoms with van der Waals surface area (Å²) in [6.07, 6.45) is 0.868. The van der Waals surface area contributed by atoms with Gasteiger partial charge in [-0.3, -0.25) is 9.52 Å². The van der Waals surface area contributed by atoms with Crippen molar-refractivity contribution in [3.05, 3.63) is 47.3 Å². The Labute approximate surface area is 173 Å². The van der Waals surface area contributed by atoms with Crippen molar-refractivity contribution in [1.29, 1.82) is 0 Å². The molecule has 8 nitrogen and oxygen atoms in total. The predicted octanol–water partition coefficient (Wildman–Crippen LogP) is 2.90. The van der Waals surface area contributed by atoms with Gasteiger partial charge in [-0.05, 0) is 43.3 Å². The molecule has 1 aromatic carbocycles. The molecule has 2 heterocycles. The Hall–Kier alpha value is -2.59. The third-order valence-electron chi connectivity index (χ3n) is 4.53. The van der Waals surface area contributed by atoms with Gasteiger partial charge in [-0.25, -0.2) is 13.2 Å². The highest BCUT2D eigenvalue weighted by Crippen LogP contribution is 2.23. The van der Waals surface area contributed by atoms with E-state index in [0.29, 0.717) is 32.5 Å². The minimum Gasteiger partial charge on any atom is -0.450 e. The number of hydrogen-bond donors (Lipinski definition) is 2. The van der Waals surface area contributed by atoms with E-state index in [9.17, 15) is 18.0 Å². The van der Waals surface area contributed by atoms with Crippen molar-refractivity contribution in [2.24, 2.45) is 0 Å². The Morgan fingerprint density at radius 3 is 2.55 bits per heavy atom. The summed E-state index contributed by atoms with van der Waals surface area (Å²) in [5, 5.41) is 4.61. The molecular weight excluding hydrogens is 414 g/mol. The summed E-state index contributed by atoms with van der Waals surface area (Å²) >= 11 is 1.10. The molecule has 1 aliphatic rings. The van der Waals surface area contributed by atoms with Crippen LogP contribution in [0.1, 0.15) is 30.1 Å². The summed E-state index contributed by atoms with van der Waals surface area (Å²) in [6, 6.07) is 9.55. The third kappa shape index (κ3) is 5.27. The Kier molecular flexibility index (Phi) is 6.75. The van der Waals surface area contributed by atoms with Crippen LogP contribution in [0.3, 0.4) is 0 Å². The molecule has 3 rings (SSSR count). The van der Waals surface area contributed by atoms with Crippen molar-refractivity contribution < 1.29 is 22.7 Å². The van der Waals surface area contributed by atoms with Gasteiger partial charge in [0.05, 0.1) is 17.9 Å². The number of likely N-dealkylation sites (tertiary alicyclic amines) is 1. The van der Waals surface area contributed by atoms with E-state index in [0.717, 1.165) is 11.3 Å². The van der Waals surface area contributed by atoms with Gasteiger partial charge in [0.15, 0.2) is 0 Å². The molecule has 1 fully saturated rings. The van der Waals surface area contributed by atoms with Gasteiger partial charge in [-0.2, -0.15) is 0 Å². The van der Waals surface area contributed by atoms with E-state index < -0.39 is 10.0 Å². The molecule has 2 amide bonds. The average Bonchev–Trinajstić information content (AvgIpc) is 3.25. The third-order valence-corrected chi connectivity index (χ3v) is 7.30. The van der Waals surface area contributed by atoms with Crippen molar-refractivity contribution >= 4 is 39.0 Å². The van der Waals surface area contributed by atoms with Crippen LogP contribution in [0.2, 0.25) is 0 Å². The largest absolute Gasteiger partial charge is 0.450 e. The number of benzene rings is 1. The van der Waals surface area contributed by atoms with E-state index in [2.05, 4.69) is 10.0 Å². The van der Waals surface area contributed by atoms with Gasteiger partial charge >= 0.3 is 6.09 Å². The topological polar surface area (TPSA) is 105 Å². The monoisotopic (exact) mass is 437 g/mol. The molecule has 1 saturated heterocycles. The normalized spacial score (nSPS) is 15.0. The van der Waals surface area contributed by atoms with Gasteiger partial charge in [0, 0.05) is 19.1 Å². The number of nitrogens with one attached hydrogen (secondary N) is 2. The minimum absolute atomic E-state index is 0.102. The second-order valence-corrected chi connectivity index (χ2v) is 9.37. The standard InChI is InChI=1S/C19H23N3O5S2/c1-2-27-19(24)22-11-9-14(10-12-22)20-18(23)15-6-3-4-7-16(15)21-29(25,26)17-8-5-13-28-17/h3-8,13-14,21H,2,9-12H2,1H3,(H,20,23). The van der Waals surface area contributed by atoms with E-state index in [1.54, 1.807) is 47.5 Å². The summed E-state index contributed by atoms with van der Waals surface area (Å²) in [7, 11) is -3.75. The van der Waals surface area contributed by atoms with Gasteiger partial charge in [0.25, 0.3) is 15.9 Å². The molecule has 156 valence electrons. The summed E-state index contributed by atoms with van der Waals surface area (Å²) < 4.78 is 32.7. The van der Waals surface area contributed by atoms with Crippen LogP contribution in [0.4, 0.5) is 10.5 Å². The Morgan fingerprint density at radius 2 is 1.90 bits per heavy atom. The number of thiophene rings is 1. The predicted molar refractivity (Wildman–Crippen MR) is 111 cm³/mol. The molecule has 0 spiro atoms. The van der Waals surface area contributed by atoms with E-state index >= 15 is 0 Å². The van der Waals surface area contributed by atoms with Crippen molar-refractivity contribution in [2.45, 2.75) is 30.0 Å². The number of ether oxygens (including phenoxy) is 1. The van der Waals surface area contributed by atoms with E-state index in [-0.39, 0.29) is 33.5 Å². The van der Waals surface area contributed by atoms with Gasteiger partial charge < -0.3 is 15.0 Å². The Bertz CT molecular complexity index is 952. The Balaban J connectivity index is 1.64. The van der Waals surface area contributed by atoms with Crippen molar-refractivity contribution in [2.75, 3.05) is 24.4 Å². The fraction of sp³-hybridized carbons (Fsp3) is 0.368. The molecule has 1 aromatic heterocycles. The quantitative estimate of drug-likeness (QED) is 0.723. The van der Waals surface area contributed by atoms with E-state index in [1.165, 1.54) is 6.07 Å². The van der Waals surface area contributed by atoms with Crippen LogP contribution >= 0.6 is 11.3 Å². The summed E-state index contributed by atoms with van der Waals surface area (Å²) in [5.41, 5.74) is 0.475. The number of piperidine rings is 1. The number of anilines is 1. The first kappa shape index (κ1) is 21.1. The zero-order valence-electron chi connectivity index (χ0n) is 16.0. The fourth-order valence-corrected chi connectivity index (χ4v) is 5.14. The molecule has 0 saturated carbocycles. The van der Waals surface area contributed by atoms with Gasteiger partial charge in [0.1, 0.15) is 4.21 Å². The molecule has 0 radical (unpaired) electrons. The maximum absolute atomic E-state index is 12.8. The molecule has 2 N–H and O–H groups in total. The number of hydrogen-bond acceptors (Lipinski definition) is 6. The Morgan fingerprint density at radius 1 is 1.17 bits per heavy atom. The van der Waals surface area contributed by atoms with Crippen molar-refractivity contribution in [3.8, 4) is 0 Å². The number of para-hydroxylation sites is 1. The number of carbonyl (C=O) groups excluding carboxylic acids is 2. The summed E-state index contributed by atoms with van der Waals surface area (Å²) in [6.45, 7) is 3.08. The first-order chi connectivity index (χ1) is 13.9. The molecule has 0 unspecified atom stereocenters. The lowest BCUT2D eigenvalue weighted by molar-refractivity contribution is 0.0860. The summed E-state index contributed by atoms with van der Waals surface area (Å²) in [4.78, 5) is 26.2. The second-order valence-electron chi connectivity index (χ2n) is 6.52. The van der Waals surface area contributed by atoms with E-state index in [4.69, 9.17) is 4.74 Å². The van der Waals surface area contributed by atoms with Gasteiger partial charge in [-0.15, -0.1) is 11.3 Å². The number of amides is 2. The number of sulfonamides is 1. The zero-order valence-corrected chi connectivity index (χ0v) is 17.6. The molecule has 0 bridgehead atoms. The number of rotatable bonds is 6. The summed E-state index contributed by atoms with van der Waals surface area (Å²) in [5.74, 6) is -0.357. The van der Waals surface area contributed by atoms with Crippen molar-refractivity contribution in [3.63, 3.8) is 0 Å². The molecule has 1 aliphatic heterocycles. The smallest absolute Gasteiger partial charge is 0.409 e. The minimum atomic E-state index is -3.75. The van der Waals surface area contributed by atoms with Crippen LogP contribution in [-0.4, -0.2) is 51.1 Å². The first-order valence-electron chi connectivity index (χ1n) is 9.28. The number of nitrogens with zero attached hydrogens (tertiary/aromatic N) is 1. The zero-order chi connectivity index (χ0) is 20.9. The maximum atomic E-state index is 12.8. The van der Waals surface area contributed by atoms with Crippen LogP contribution in [-0.2, 0) is 14.8 Å². The van der Waals surface area contributed by atoms with Crippen LogP contribution in [0, 0.1) is 0 Å². The average molecular weight is 438 g/mol. The van der Waals surface area contributed by atoms with Crippen LogP contribution in [0.5, 0.6) is 0 Å². The highest BCUT2D eigenvalue weighted by molar-refractivity contribution is 7.94. The molecule has 29 heavy (non-hydrogen) atoms. The second kappa shape index (κ2) is 9.27. The van der Waals surface area contributed by atoms with Crippen LogP contribution in [0.25, 0.3) is 0 Å². The van der Waals surface area contributed by atoms with Gasteiger partial charge in [-0.1, -0.05) is 18.2 Å². The van der Waals surface area contributed by atoms with Crippen LogP contribution < -0.4 is 10.0 Å². The molecule has 2 aromatic rings. The van der Waals surface area contributed by atoms with Crippen LogP contribution in [0.15, 0.2) is 46.0 Å². The maximum Gasteiger partial charge on any atom is 0.409 e. The lowest BCUT2D eigenvalue weighted by Crippen LogP contribution is -2.46. The van der Waals surface area contributed by atoms with Crippen molar-refractivity contribution in [1.82, 2.24) is 10.2 Å².